The minimum atomic E-state index is 0.0907. The second kappa shape index (κ2) is 3.94. The van der Waals surface area contributed by atoms with Gasteiger partial charge in [0.2, 0.25) is 0 Å². The summed E-state index contributed by atoms with van der Waals surface area (Å²) < 4.78 is 0. The van der Waals surface area contributed by atoms with Gasteiger partial charge in [0.1, 0.15) is 0 Å². The molecule has 0 spiro atoms. The van der Waals surface area contributed by atoms with Gasteiger partial charge in [0.15, 0.2) is 5.78 Å². The van der Waals surface area contributed by atoms with Crippen molar-refractivity contribution < 1.29 is 4.79 Å². The lowest BCUT2D eigenvalue weighted by atomic mass is 9.92. The van der Waals surface area contributed by atoms with E-state index in [9.17, 15) is 4.79 Å². The van der Waals surface area contributed by atoms with E-state index < -0.39 is 0 Å². The molecule has 0 aliphatic heterocycles. The number of aryl methyl sites for hydroxylation is 1. The summed E-state index contributed by atoms with van der Waals surface area (Å²) in [7, 11) is 0. The Balaban J connectivity index is 2.17. The van der Waals surface area contributed by atoms with Gasteiger partial charge in [0.25, 0.3) is 0 Å². The fourth-order valence-corrected chi connectivity index (χ4v) is 3.70. The molecular weight excluding hydrogens is 244 g/mol. The van der Waals surface area contributed by atoms with Crippen molar-refractivity contribution in [1.29, 1.82) is 0 Å². The molecule has 1 saturated carbocycles. The van der Waals surface area contributed by atoms with E-state index in [4.69, 9.17) is 0 Å². The zero-order chi connectivity index (χ0) is 14.7. The lowest BCUT2D eigenvalue weighted by Crippen LogP contribution is -2.10. The standard InChI is InChI=1S/C19H22O/c1-12-10-11-13-8-6-7-9-14(13)15(12)16(20)17-18(2,3)19(17,4)5/h6-11,17H,1-5H3. The first kappa shape index (κ1) is 13.4. The van der Waals surface area contributed by atoms with E-state index in [1.807, 2.05) is 19.1 Å². The maximum absolute atomic E-state index is 13.1. The first-order valence-corrected chi connectivity index (χ1v) is 7.31. The van der Waals surface area contributed by atoms with Crippen LogP contribution in [0.1, 0.15) is 43.6 Å². The van der Waals surface area contributed by atoms with E-state index in [1.165, 1.54) is 0 Å². The van der Waals surface area contributed by atoms with Gasteiger partial charge in [0, 0.05) is 11.5 Å². The average molecular weight is 266 g/mol. The van der Waals surface area contributed by atoms with Crippen molar-refractivity contribution in [2.75, 3.05) is 0 Å². The number of benzene rings is 2. The van der Waals surface area contributed by atoms with E-state index in [0.29, 0.717) is 5.78 Å². The van der Waals surface area contributed by atoms with Gasteiger partial charge in [-0.1, -0.05) is 64.1 Å². The van der Waals surface area contributed by atoms with Gasteiger partial charge >= 0.3 is 0 Å². The van der Waals surface area contributed by atoms with Crippen LogP contribution in [0.2, 0.25) is 0 Å². The van der Waals surface area contributed by atoms with Gasteiger partial charge in [-0.15, -0.1) is 0 Å². The fraction of sp³-hybridized carbons (Fsp3) is 0.421. The van der Waals surface area contributed by atoms with Crippen LogP contribution < -0.4 is 0 Å². The lowest BCUT2D eigenvalue weighted by molar-refractivity contribution is 0.0946. The molecule has 1 aliphatic rings. The van der Waals surface area contributed by atoms with Crippen LogP contribution in [0, 0.1) is 23.7 Å². The number of ketones is 1. The van der Waals surface area contributed by atoms with Gasteiger partial charge in [-0.3, -0.25) is 4.79 Å². The number of hydrogen-bond acceptors (Lipinski definition) is 1. The zero-order valence-corrected chi connectivity index (χ0v) is 12.9. The summed E-state index contributed by atoms with van der Waals surface area (Å²) in [4.78, 5) is 13.1. The molecule has 0 amide bonds. The van der Waals surface area contributed by atoms with Crippen molar-refractivity contribution in [3.05, 3.63) is 47.5 Å². The molecule has 0 atom stereocenters. The second-order valence-corrected chi connectivity index (χ2v) is 7.22. The van der Waals surface area contributed by atoms with Crippen LogP contribution in [0.3, 0.4) is 0 Å². The molecule has 104 valence electrons. The number of Topliss-reactive ketones (excluding diaryl/α,β-unsaturated/α-hetero) is 1. The number of hydrogen-bond donors (Lipinski definition) is 0. The Bertz CT molecular complexity index is 693. The summed E-state index contributed by atoms with van der Waals surface area (Å²) in [6.45, 7) is 10.9. The average Bonchev–Trinajstić information content (AvgIpc) is 2.79. The minimum Gasteiger partial charge on any atom is -0.294 e. The quantitative estimate of drug-likeness (QED) is 0.698. The van der Waals surface area contributed by atoms with E-state index in [0.717, 1.165) is 21.9 Å². The molecule has 20 heavy (non-hydrogen) atoms. The summed E-state index contributed by atoms with van der Waals surface area (Å²) >= 11 is 0. The number of fused-ring (bicyclic) bond motifs is 1. The highest BCUT2D eigenvalue weighted by molar-refractivity contribution is 6.12. The molecule has 0 aromatic heterocycles. The van der Waals surface area contributed by atoms with Gasteiger partial charge in [-0.25, -0.2) is 0 Å². The van der Waals surface area contributed by atoms with Crippen molar-refractivity contribution in [3.63, 3.8) is 0 Å². The third-order valence-corrected chi connectivity index (χ3v) is 5.67. The van der Waals surface area contributed by atoms with Gasteiger partial charge in [0.05, 0.1) is 0 Å². The van der Waals surface area contributed by atoms with Crippen molar-refractivity contribution in [3.8, 4) is 0 Å². The van der Waals surface area contributed by atoms with Crippen LogP contribution in [-0.4, -0.2) is 5.78 Å². The molecule has 3 rings (SSSR count). The van der Waals surface area contributed by atoms with Gasteiger partial charge in [-0.2, -0.15) is 0 Å². The predicted molar refractivity (Wildman–Crippen MR) is 84.1 cm³/mol. The normalized spacial score (nSPS) is 20.1. The lowest BCUT2D eigenvalue weighted by Gasteiger charge is -2.10. The molecule has 0 radical (unpaired) electrons. The van der Waals surface area contributed by atoms with Gasteiger partial charge < -0.3 is 0 Å². The predicted octanol–water partition coefficient (Wildman–Crippen LogP) is 5.01. The minimum absolute atomic E-state index is 0.0907. The summed E-state index contributed by atoms with van der Waals surface area (Å²) in [5.41, 5.74) is 2.19. The smallest absolute Gasteiger partial charge is 0.167 e. The molecule has 0 saturated heterocycles. The number of carbonyl (C=O) groups excluding carboxylic acids is 1. The zero-order valence-electron chi connectivity index (χ0n) is 12.9. The van der Waals surface area contributed by atoms with E-state index in [1.54, 1.807) is 0 Å². The Morgan fingerprint density at radius 3 is 2.15 bits per heavy atom. The van der Waals surface area contributed by atoms with E-state index in [-0.39, 0.29) is 16.7 Å². The first-order chi connectivity index (χ1) is 9.28. The summed E-state index contributed by atoms with van der Waals surface area (Å²) in [5, 5.41) is 2.24. The molecule has 1 aliphatic carbocycles. The summed E-state index contributed by atoms with van der Waals surface area (Å²) in [5.74, 6) is 0.439. The second-order valence-electron chi connectivity index (χ2n) is 7.22. The highest BCUT2D eigenvalue weighted by Crippen LogP contribution is 2.69. The van der Waals surface area contributed by atoms with Crippen molar-refractivity contribution in [2.45, 2.75) is 34.6 Å². The Labute approximate surface area is 121 Å². The van der Waals surface area contributed by atoms with Crippen LogP contribution in [-0.2, 0) is 0 Å². The Morgan fingerprint density at radius 1 is 0.950 bits per heavy atom. The maximum Gasteiger partial charge on any atom is 0.167 e. The molecule has 0 unspecified atom stereocenters. The van der Waals surface area contributed by atoms with Crippen molar-refractivity contribution in [1.82, 2.24) is 0 Å². The Kier molecular flexibility index (Phi) is 2.63. The van der Waals surface area contributed by atoms with Gasteiger partial charge in [-0.05, 0) is 34.1 Å². The Hall–Kier alpha value is -1.63. The molecule has 1 nitrogen and oxygen atoms in total. The monoisotopic (exact) mass is 266 g/mol. The van der Waals surface area contributed by atoms with Crippen LogP contribution in [0.4, 0.5) is 0 Å². The molecule has 0 bridgehead atoms. The van der Waals surface area contributed by atoms with Crippen LogP contribution in [0.15, 0.2) is 36.4 Å². The number of carbonyl (C=O) groups is 1. The third kappa shape index (κ3) is 1.59. The molecule has 1 fully saturated rings. The number of rotatable bonds is 2. The first-order valence-electron chi connectivity index (χ1n) is 7.31. The third-order valence-electron chi connectivity index (χ3n) is 5.67. The summed E-state index contributed by atoms with van der Waals surface area (Å²) in [6, 6.07) is 12.4. The van der Waals surface area contributed by atoms with E-state index in [2.05, 4.69) is 52.0 Å². The van der Waals surface area contributed by atoms with Crippen LogP contribution in [0.25, 0.3) is 10.8 Å². The topological polar surface area (TPSA) is 17.1 Å². The molecule has 1 heteroatoms. The molecular formula is C19H22O. The molecule has 0 N–H and O–H groups in total. The van der Waals surface area contributed by atoms with Crippen LogP contribution in [0.5, 0.6) is 0 Å². The molecule has 2 aromatic carbocycles. The molecule has 2 aromatic rings. The highest BCUT2D eigenvalue weighted by atomic mass is 16.1. The Morgan fingerprint density at radius 2 is 1.55 bits per heavy atom. The largest absolute Gasteiger partial charge is 0.294 e. The maximum atomic E-state index is 13.1. The highest BCUT2D eigenvalue weighted by Gasteiger charge is 2.68. The fourth-order valence-electron chi connectivity index (χ4n) is 3.70. The SMILES string of the molecule is Cc1ccc2ccccc2c1C(=O)C1C(C)(C)C1(C)C. The van der Waals surface area contributed by atoms with Crippen LogP contribution >= 0.6 is 0 Å². The summed E-state index contributed by atoms with van der Waals surface area (Å²) in [6.07, 6.45) is 0. The van der Waals surface area contributed by atoms with Crippen molar-refractivity contribution >= 4 is 16.6 Å². The van der Waals surface area contributed by atoms with Crippen molar-refractivity contribution in [2.24, 2.45) is 16.7 Å². The van der Waals surface area contributed by atoms with E-state index >= 15 is 0 Å². The molecule has 0 heterocycles.